The van der Waals surface area contributed by atoms with Crippen molar-refractivity contribution in [3.63, 3.8) is 0 Å². The summed E-state index contributed by atoms with van der Waals surface area (Å²) in [7, 11) is 0. The van der Waals surface area contributed by atoms with Crippen LogP contribution in [0, 0.1) is 5.92 Å². The molecule has 0 atom stereocenters. The maximum Gasteiger partial charge on any atom is 2.00 e. The molecule has 1 rings (SSSR count). The molecule has 0 aromatic rings. The average Bonchev–Trinajstić information content (AvgIpc) is 2.54. The van der Waals surface area contributed by atoms with E-state index in [-0.39, 0.29) is 17.1 Å². The summed E-state index contributed by atoms with van der Waals surface area (Å²) in [5, 5.41) is 12.9. The third kappa shape index (κ3) is 8.89. The van der Waals surface area contributed by atoms with E-state index in [0.717, 1.165) is 37.4 Å². The Hall–Kier alpha value is -0.801. The summed E-state index contributed by atoms with van der Waals surface area (Å²) in [6, 6.07) is 0. The quantitative estimate of drug-likeness (QED) is 0.195. The third-order valence-electron chi connectivity index (χ3n) is 3.29. The number of piperidine rings is 1. The Kier molecular flexibility index (Phi) is 13.0. The SMILES string of the molecule is CCN=C([S-])N/N=C(C)/C(=N/NC([S-])=NCC)C1CCNCC1.[Cu+2]. The fourth-order valence-corrected chi connectivity index (χ4v) is 2.57. The average molecular weight is 419 g/mol. The van der Waals surface area contributed by atoms with Crippen molar-refractivity contribution >= 4 is 47.0 Å². The first-order valence-corrected chi connectivity index (χ1v) is 8.68. The smallest absolute Gasteiger partial charge is 0.741 e. The zero-order valence-electron chi connectivity index (χ0n) is 14.2. The molecule has 0 bridgehead atoms. The van der Waals surface area contributed by atoms with Gasteiger partial charge in [0.15, 0.2) is 0 Å². The molecule has 1 radical (unpaired) electrons. The number of rotatable bonds is 6. The summed E-state index contributed by atoms with van der Waals surface area (Å²) >= 11 is 10.2. The van der Waals surface area contributed by atoms with Gasteiger partial charge < -0.3 is 30.6 Å². The Morgan fingerprint density at radius 2 is 1.50 bits per heavy atom. The maximum absolute atomic E-state index is 5.11. The fourth-order valence-electron chi connectivity index (χ4n) is 2.22. The predicted octanol–water partition coefficient (Wildman–Crippen LogP) is 0.740. The molecule has 1 aliphatic rings. The number of hydrogen-bond donors (Lipinski definition) is 3. The topological polar surface area (TPSA) is 85.5 Å². The summed E-state index contributed by atoms with van der Waals surface area (Å²) in [6.07, 6.45) is 2.02. The normalized spacial score (nSPS) is 18.1. The van der Waals surface area contributed by atoms with Crippen LogP contribution in [0.1, 0.15) is 33.6 Å². The van der Waals surface area contributed by atoms with Gasteiger partial charge in [-0.05, 0) is 57.0 Å². The summed E-state index contributed by atoms with van der Waals surface area (Å²) in [5.41, 5.74) is 7.29. The van der Waals surface area contributed by atoms with E-state index >= 15 is 0 Å². The van der Waals surface area contributed by atoms with Crippen molar-refractivity contribution in [1.82, 2.24) is 16.2 Å². The molecule has 0 aliphatic carbocycles. The summed E-state index contributed by atoms with van der Waals surface area (Å²) in [4.78, 5) is 8.19. The molecule has 1 heterocycles. The Bertz CT molecular complexity index is 486. The van der Waals surface area contributed by atoms with Crippen LogP contribution >= 0.6 is 0 Å². The molecule has 0 aromatic carbocycles. The summed E-state index contributed by atoms with van der Waals surface area (Å²) in [5.74, 6) is 0.329. The van der Waals surface area contributed by atoms with Crippen LogP contribution in [-0.4, -0.2) is 47.9 Å². The van der Waals surface area contributed by atoms with Gasteiger partial charge in [0.05, 0.1) is 11.4 Å². The summed E-state index contributed by atoms with van der Waals surface area (Å²) < 4.78 is 0. The van der Waals surface area contributed by atoms with Crippen LogP contribution in [-0.2, 0) is 42.3 Å². The van der Waals surface area contributed by atoms with Crippen molar-refractivity contribution < 1.29 is 17.1 Å². The van der Waals surface area contributed by atoms with Gasteiger partial charge in [-0.1, -0.05) is 0 Å². The zero-order valence-corrected chi connectivity index (χ0v) is 16.8. The molecule has 1 fully saturated rings. The molecular formula is C14H25CuN7S2. The minimum Gasteiger partial charge on any atom is -0.741 e. The molecule has 0 spiro atoms. The number of aliphatic imine (C=N–C) groups is 2. The van der Waals surface area contributed by atoms with E-state index in [1.165, 1.54) is 0 Å². The van der Waals surface area contributed by atoms with E-state index in [9.17, 15) is 0 Å². The van der Waals surface area contributed by atoms with Gasteiger partial charge in [-0.25, -0.2) is 0 Å². The minimum atomic E-state index is 0. The van der Waals surface area contributed by atoms with E-state index in [0.29, 0.717) is 29.3 Å². The second-order valence-corrected chi connectivity index (χ2v) is 5.77. The molecule has 0 amide bonds. The Morgan fingerprint density at radius 1 is 1.00 bits per heavy atom. The minimum absolute atomic E-state index is 0. The summed E-state index contributed by atoms with van der Waals surface area (Å²) in [6.45, 7) is 8.96. The monoisotopic (exact) mass is 418 g/mol. The predicted molar refractivity (Wildman–Crippen MR) is 103 cm³/mol. The largest absolute Gasteiger partial charge is 2.00 e. The molecule has 10 heteroatoms. The van der Waals surface area contributed by atoms with Gasteiger partial charge in [-0.2, -0.15) is 10.2 Å². The molecule has 1 saturated heterocycles. The molecule has 1 aliphatic heterocycles. The third-order valence-corrected chi connectivity index (χ3v) is 3.73. The van der Waals surface area contributed by atoms with Gasteiger partial charge in [-0.15, -0.1) is 0 Å². The Labute approximate surface area is 166 Å². The van der Waals surface area contributed by atoms with Crippen LogP contribution in [0.4, 0.5) is 0 Å². The van der Waals surface area contributed by atoms with E-state index in [4.69, 9.17) is 25.3 Å². The van der Waals surface area contributed by atoms with Gasteiger partial charge in [0.1, 0.15) is 0 Å². The van der Waals surface area contributed by atoms with Gasteiger partial charge in [-0.3, -0.25) is 20.8 Å². The van der Waals surface area contributed by atoms with Crippen molar-refractivity contribution in [2.75, 3.05) is 26.2 Å². The number of hydrazone groups is 2. The van der Waals surface area contributed by atoms with Crippen molar-refractivity contribution in [2.24, 2.45) is 26.1 Å². The van der Waals surface area contributed by atoms with Crippen LogP contribution < -0.4 is 16.2 Å². The van der Waals surface area contributed by atoms with E-state index < -0.39 is 0 Å². The molecule has 7 nitrogen and oxygen atoms in total. The fraction of sp³-hybridized carbons (Fsp3) is 0.714. The Balaban J connectivity index is 0.00000529. The van der Waals surface area contributed by atoms with Crippen LogP contribution in [0.2, 0.25) is 0 Å². The maximum atomic E-state index is 5.11. The van der Waals surface area contributed by atoms with Gasteiger partial charge in [0.2, 0.25) is 0 Å². The van der Waals surface area contributed by atoms with Crippen LogP contribution in [0.3, 0.4) is 0 Å². The molecule has 0 saturated carbocycles. The van der Waals surface area contributed by atoms with Crippen molar-refractivity contribution in [3.05, 3.63) is 0 Å². The van der Waals surface area contributed by atoms with Gasteiger partial charge in [0.25, 0.3) is 0 Å². The molecule has 24 heavy (non-hydrogen) atoms. The van der Waals surface area contributed by atoms with Crippen molar-refractivity contribution in [1.29, 1.82) is 0 Å². The number of nitrogens with one attached hydrogen (secondary N) is 3. The standard InChI is InChI=1S/C14H27N7S2.Cu/c1-4-16-13(22)20-18-10(3)12(11-6-8-15-9-7-11)19-21-14(23)17-5-2;/h11,15H,4-9H2,1-3H3,(H2,16,20,22)(H2,17,21,23);/q;+2/p-2/b18-10+,19-12-;. The molecule has 0 aromatic heterocycles. The van der Waals surface area contributed by atoms with E-state index in [2.05, 4.69) is 36.4 Å². The second-order valence-electron chi connectivity index (χ2n) is 5.00. The Morgan fingerprint density at radius 3 is 2.00 bits per heavy atom. The first-order valence-electron chi connectivity index (χ1n) is 7.86. The number of nitrogens with zero attached hydrogens (tertiary/aromatic N) is 4. The number of hydrogen-bond acceptors (Lipinski definition) is 7. The van der Waals surface area contributed by atoms with E-state index in [1.807, 2.05) is 20.8 Å². The van der Waals surface area contributed by atoms with Gasteiger partial charge in [0, 0.05) is 19.0 Å². The molecule has 0 unspecified atom stereocenters. The van der Waals surface area contributed by atoms with Crippen molar-refractivity contribution in [2.45, 2.75) is 33.6 Å². The van der Waals surface area contributed by atoms with Crippen LogP contribution in [0.5, 0.6) is 0 Å². The number of amidine groups is 2. The molecule has 3 N–H and O–H groups in total. The van der Waals surface area contributed by atoms with Crippen LogP contribution in [0.15, 0.2) is 20.2 Å². The first kappa shape index (κ1) is 23.2. The van der Waals surface area contributed by atoms with E-state index in [1.54, 1.807) is 0 Å². The van der Waals surface area contributed by atoms with Gasteiger partial charge >= 0.3 is 17.1 Å². The van der Waals surface area contributed by atoms with Crippen LogP contribution in [0.25, 0.3) is 0 Å². The first-order chi connectivity index (χ1) is 11.1. The zero-order chi connectivity index (χ0) is 17.1. The molecular weight excluding hydrogens is 394 g/mol. The molecule has 139 valence electrons. The second kappa shape index (κ2) is 13.5. The van der Waals surface area contributed by atoms with Crippen molar-refractivity contribution in [3.8, 4) is 0 Å².